The van der Waals surface area contributed by atoms with Crippen molar-refractivity contribution in [3.63, 3.8) is 0 Å². The number of carbonyl (C=O) groups excluding carboxylic acids is 2. The van der Waals surface area contributed by atoms with E-state index in [0.29, 0.717) is 16.9 Å². The summed E-state index contributed by atoms with van der Waals surface area (Å²) in [5.74, 6) is -0.497. The average molecular weight is 564 g/mol. The highest BCUT2D eigenvalue weighted by Crippen LogP contribution is 2.40. The van der Waals surface area contributed by atoms with Crippen molar-refractivity contribution < 1.29 is 40.6 Å². The standard InChI is InChI=1S/C11H10F3N5O.C11H16F3N3O2/c12-11(13,14)8-6-18(10(20)17-8)5-7-3-9-15-1-2-19(9)16-4-7;1-7-8(17-19-16-7)9(18)15-6-4-5-10(2,3)11(12,13)14/h1-4,8H,5-6H2,(H,17,20);4-6H2,1-3H3,(H,15,18). The summed E-state index contributed by atoms with van der Waals surface area (Å²) < 4.78 is 81.3. The Morgan fingerprint density at radius 2 is 1.92 bits per heavy atom. The molecule has 0 saturated carbocycles. The molecule has 1 unspecified atom stereocenters. The molecule has 1 saturated heterocycles. The summed E-state index contributed by atoms with van der Waals surface area (Å²) >= 11 is 0. The zero-order valence-electron chi connectivity index (χ0n) is 21.1. The minimum Gasteiger partial charge on any atom is -0.351 e. The Hall–Kier alpha value is -3.92. The normalized spacial score (nSPS) is 16.2. The van der Waals surface area contributed by atoms with E-state index in [2.05, 4.69) is 30.3 Å². The highest BCUT2D eigenvalue weighted by Gasteiger charge is 2.47. The summed E-state index contributed by atoms with van der Waals surface area (Å²) in [5, 5.41) is 15.3. The minimum absolute atomic E-state index is 0.0510. The van der Waals surface area contributed by atoms with Crippen molar-refractivity contribution in [1.82, 2.24) is 40.4 Å². The number of carbonyl (C=O) groups is 2. The van der Waals surface area contributed by atoms with Crippen LogP contribution >= 0.6 is 0 Å². The lowest BCUT2D eigenvalue weighted by atomic mass is 9.87. The monoisotopic (exact) mass is 564 g/mol. The number of fused-ring (bicyclic) bond motifs is 1. The molecule has 1 fully saturated rings. The Balaban J connectivity index is 0.000000216. The van der Waals surface area contributed by atoms with Crippen LogP contribution in [0.5, 0.6) is 0 Å². The number of nitrogens with zero attached hydrogens (tertiary/aromatic N) is 6. The van der Waals surface area contributed by atoms with Crippen molar-refractivity contribution in [2.24, 2.45) is 5.41 Å². The molecule has 2 N–H and O–H groups in total. The first-order valence-corrected chi connectivity index (χ1v) is 11.6. The van der Waals surface area contributed by atoms with Crippen molar-refractivity contribution in [3.8, 4) is 0 Å². The molecule has 0 radical (unpaired) electrons. The number of alkyl halides is 6. The molecule has 3 amide bonds. The van der Waals surface area contributed by atoms with E-state index in [-0.39, 0.29) is 31.6 Å². The van der Waals surface area contributed by atoms with E-state index in [0.717, 1.165) is 18.7 Å². The minimum atomic E-state index is -4.43. The van der Waals surface area contributed by atoms with Crippen molar-refractivity contribution in [3.05, 3.63) is 41.6 Å². The quantitative estimate of drug-likeness (QED) is 0.331. The van der Waals surface area contributed by atoms with E-state index in [1.54, 1.807) is 25.4 Å². The fourth-order valence-electron chi connectivity index (χ4n) is 3.46. The molecular formula is C22H26F6N8O3. The number of urea groups is 1. The maximum absolute atomic E-state index is 12.6. The largest absolute Gasteiger partial charge is 0.410 e. The van der Waals surface area contributed by atoms with Crippen LogP contribution in [0.1, 0.15) is 48.4 Å². The third-order valence-corrected chi connectivity index (χ3v) is 5.97. The molecule has 11 nitrogen and oxygen atoms in total. The van der Waals surface area contributed by atoms with Crippen LogP contribution in [0.3, 0.4) is 0 Å². The summed E-state index contributed by atoms with van der Waals surface area (Å²) in [6.45, 7) is 3.64. The van der Waals surface area contributed by atoms with Gasteiger partial charge in [0.05, 0.1) is 18.2 Å². The summed E-state index contributed by atoms with van der Waals surface area (Å²) in [6, 6.07) is -0.866. The molecule has 0 aromatic carbocycles. The average Bonchev–Trinajstić information content (AvgIpc) is 3.56. The number of imidazole rings is 1. The summed E-state index contributed by atoms with van der Waals surface area (Å²) in [4.78, 5) is 28.2. The zero-order chi connectivity index (χ0) is 29.0. The van der Waals surface area contributed by atoms with Gasteiger partial charge in [-0.2, -0.15) is 31.4 Å². The van der Waals surface area contributed by atoms with Crippen LogP contribution in [0.2, 0.25) is 0 Å². The molecule has 17 heteroatoms. The van der Waals surface area contributed by atoms with Crippen molar-refractivity contribution in [2.45, 2.75) is 58.6 Å². The lowest BCUT2D eigenvalue weighted by molar-refractivity contribution is -0.213. The second kappa shape index (κ2) is 11.4. The predicted octanol–water partition coefficient (Wildman–Crippen LogP) is 3.66. The van der Waals surface area contributed by atoms with Gasteiger partial charge in [0.1, 0.15) is 11.7 Å². The van der Waals surface area contributed by atoms with Gasteiger partial charge in [0, 0.05) is 25.5 Å². The van der Waals surface area contributed by atoms with Crippen LogP contribution in [0.25, 0.3) is 5.65 Å². The number of nitrogens with one attached hydrogen (secondary N) is 2. The Labute approximate surface area is 217 Å². The third kappa shape index (κ3) is 7.57. The molecule has 214 valence electrons. The second-order valence-corrected chi connectivity index (χ2v) is 9.46. The molecule has 4 rings (SSSR count). The van der Waals surface area contributed by atoms with E-state index in [1.807, 2.05) is 5.32 Å². The summed E-state index contributed by atoms with van der Waals surface area (Å²) in [7, 11) is 0. The SMILES string of the molecule is Cc1nonc1C(=O)NCCCC(C)(C)C(F)(F)F.O=C1NC(C(F)(F)F)CN1Cc1cnn2ccnc2c1. The number of halogens is 6. The van der Waals surface area contributed by atoms with E-state index < -0.39 is 42.3 Å². The fourth-order valence-corrected chi connectivity index (χ4v) is 3.46. The van der Waals surface area contributed by atoms with Gasteiger partial charge >= 0.3 is 18.4 Å². The van der Waals surface area contributed by atoms with Crippen molar-refractivity contribution in [1.29, 1.82) is 0 Å². The van der Waals surface area contributed by atoms with Gasteiger partial charge in [-0.3, -0.25) is 4.79 Å². The molecule has 0 aliphatic carbocycles. The van der Waals surface area contributed by atoms with E-state index >= 15 is 0 Å². The summed E-state index contributed by atoms with van der Waals surface area (Å²) in [6.07, 6.45) is -3.80. The zero-order valence-corrected chi connectivity index (χ0v) is 21.1. The molecule has 0 bridgehead atoms. The molecule has 1 aliphatic rings. The van der Waals surface area contributed by atoms with Crippen LogP contribution in [0, 0.1) is 12.3 Å². The fraction of sp³-hybridized carbons (Fsp3) is 0.545. The van der Waals surface area contributed by atoms with E-state index in [1.165, 1.54) is 10.7 Å². The van der Waals surface area contributed by atoms with Crippen LogP contribution in [-0.2, 0) is 6.54 Å². The first kappa shape index (κ1) is 29.6. The Kier molecular flexibility index (Phi) is 8.70. The van der Waals surface area contributed by atoms with Gasteiger partial charge in [-0.05, 0) is 36.6 Å². The second-order valence-electron chi connectivity index (χ2n) is 9.46. The predicted molar refractivity (Wildman–Crippen MR) is 122 cm³/mol. The molecule has 4 heterocycles. The molecule has 3 aromatic heterocycles. The Morgan fingerprint density at radius 3 is 2.51 bits per heavy atom. The maximum atomic E-state index is 12.6. The molecule has 1 aliphatic heterocycles. The van der Waals surface area contributed by atoms with Gasteiger partial charge in [0.15, 0.2) is 11.3 Å². The van der Waals surface area contributed by atoms with E-state index in [9.17, 15) is 35.9 Å². The maximum Gasteiger partial charge on any atom is 0.410 e. The molecule has 1 atom stereocenters. The Bertz CT molecular complexity index is 1290. The van der Waals surface area contributed by atoms with Crippen molar-refractivity contribution >= 4 is 17.6 Å². The van der Waals surface area contributed by atoms with Gasteiger partial charge in [0.2, 0.25) is 0 Å². The molecule has 0 spiro atoms. The summed E-state index contributed by atoms with van der Waals surface area (Å²) in [5.41, 5.74) is -0.164. The number of aryl methyl sites for hydroxylation is 1. The molecule has 39 heavy (non-hydrogen) atoms. The highest BCUT2D eigenvalue weighted by atomic mass is 19.4. The van der Waals surface area contributed by atoms with Crippen LogP contribution < -0.4 is 10.6 Å². The van der Waals surface area contributed by atoms with Gasteiger partial charge in [-0.1, -0.05) is 19.0 Å². The number of hydrogen-bond acceptors (Lipinski definition) is 7. The van der Waals surface area contributed by atoms with E-state index in [4.69, 9.17) is 0 Å². The number of hydrogen-bond donors (Lipinski definition) is 2. The van der Waals surface area contributed by atoms with Gasteiger partial charge < -0.3 is 15.5 Å². The lowest BCUT2D eigenvalue weighted by Gasteiger charge is -2.27. The van der Waals surface area contributed by atoms with Crippen LogP contribution in [-0.4, -0.2) is 73.2 Å². The van der Waals surface area contributed by atoms with Gasteiger partial charge in [-0.25, -0.2) is 18.9 Å². The number of amides is 3. The first-order valence-electron chi connectivity index (χ1n) is 11.6. The smallest absolute Gasteiger partial charge is 0.351 e. The van der Waals surface area contributed by atoms with Crippen LogP contribution in [0.15, 0.2) is 29.3 Å². The molecular weight excluding hydrogens is 538 g/mol. The Morgan fingerprint density at radius 1 is 1.21 bits per heavy atom. The highest BCUT2D eigenvalue weighted by molar-refractivity contribution is 5.92. The third-order valence-electron chi connectivity index (χ3n) is 5.97. The lowest BCUT2D eigenvalue weighted by Crippen LogP contribution is -2.40. The van der Waals surface area contributed by atoms with Crippen LogP contribution in [0.4, 0.5) is 31.1 Å². The number of rotatable bonds is 7. The van der Waals surface area contributed by atoms with Gasteiger partial charge in [0.25, 0.3) is 5.91 Å². The van der Waals surface area contributed by atoms with Crippen molar-refractivity contribution in [2.75, 3.05) is 13.1 Å². The first-order chi connectivity index (χ1) is 18.1. The topological polar surface area (TPSA) is 131 Å². The van der Waals surface area contributed by atoms with Gasteiger partial charge in [-0.15, -0.1) is 0 Å². The number of aromatic nitrogens is 5. The molecule has 3 aromatic rings.